The van der Waals surface area contributed by atoms with Crippen molar-refractivity contribution in [2.24, 2.45) is 0 Å². The number of rotatable bonds is 2. The lowest BCUT2D eigenvalue weighted by atomic mass is 9.76. The summed E-state index contributed by atoms with van der Waals surface area (Å²) in [4.78, 5) is 37.5. The number of carboxylic acid groups (broad SMARTS) is 1. The molecule has 0 aromatic heterocycles. The molecule has 0 bridgehead atoms. The Morgan fingerprint density at radius 1 is 1.00 bits per heavy atom. The van der Waals surface area contributed by atoms with Gasteiger partial charge in [-0.2, -0.15) is 0 Å². The lowest BCUT2D eigenvalue weighted by Gasteiger charge is -2.45. The van der Waals surface area contributed by atoms with Crippen LogP contribution in [0.5, 0.6) is 0 Å². The fourth-order valence-corrected chi connectivity index (χ4v) is 2.40. The molecular weight excluding hydrogens is 313 g/mol. The maximum atomic E-state index is 12.5. The van der Waals surface area contributed by atoms with Gasteiger partial charge in [-0.3, -0.25) is 14.5 Å². The van der Waals surface area contributed by atoms with Crippen LogP contribution in [0.25, 0.3) is 0 Å². The minimum Gasteiger partial charge on any atom is -0.494 e. The predicted molar refractivity (Wildman–Crippen MR) is 86.9 cm³/mol. The molecule has 0 atom stereocenters. The van der Waals surface area contributed by atoms with Gasteiger partial charge in [0.25, 0.3) is 0 Å². The zero-order valence-electron chi connectivity index (χ0n) is 14.3. The Balaban J connectivity index is 2.40. The van der Waals surface area contributed by atoms with Crippen molar-refractivity contribution in [3.05, 3.63) is 29.8 Å². The summed E-state index contributed by atoms with van der Waals surface area (Å²) >= 11 is 0. The van der Waals surface area contributed by atoms with Crippen molar-refractivity contribution in [3.63, 3.8) is 0 Å². The van der Waals surface area contributed by atoms with Gasteiger partial charge in [0.05, 0.1) is 5.56 Å². The Morgan fingerprint density at radius 3 is 1.79 bits per heavy atom. The van der Waals surface area contributed by atoms with Crippen molar-refractivity contribution < 1.29 is 28.8 Å². The van der Waals surface area contributed by atoms with Crippen molar-refractivity contribution in [1.29, 1.82) is 0 Å². The second kappa shape index (κ2) is 5.94. The van der Waals surface area contributed by atoms with Crippen molar-refractivity contribution in [2.45, 2.75) is 38.8 Å². The van der Waals surface area contributed by atoms with E-state index >= 15 is 0 Å². The number of carbonyl (C=O) groups excluding carboxylic acids is 2. The average molecular weight is 333 g/mol. The summed E-state index contributed by atoms with van der Waals surface area (Å²) in [5, 5.41) is 8.94. The molecule has 0 unspecified atom stereocenters. The zero-order valence-corrected chi connectivity index (χ0v) is 14.3. The van der Waals surface area contributed by atoms with Crippen LogP contribution in [0.15, 0.2) is 24.3 Å². The first kappa shape index (κ1) is 18.0. The van der Waals surface area contributed by atoms with Crippen LogP contribution >= 0.6 is 0 Å². The lowest BCUT2D eigenvalue weighted by molar-refractivity contribution is -0.165. The second-order valence-corrected chi connectivity index (χ2v) is 6.75. The molecule has 1 fully saturated rings. The maximum absolute atomic E-state index is 12.5. The Bertz CT molecular complexity index is 652. The van der Waals surface area contributed by atoms with Gasteiger partial charge in [0.1, 0.15) is 11.1 Å². The van der Waals surface area contributed by atoms with Crippen LogP contribution in [-0.2, 0) is 18.9 Å². The summed E-state index contributed by atoms with van der Waals surface area (Å²) in [6, 6.07) is 5.64. The topological polar surface area (TPSA) is 93.1 Å². The van der Waals surface area contributed by atoms with E-state index in [9.17, 15) is 14.4 Å². The van der Waals surface area contributed by atoms with Gasteiger partial charge in [0, 0.05) is 5.46 Å². The number of hydrogen-bond donors (Lipinski definition) is 1. The summed E-state index contributed by atoms with van der Waals surface area (Å²) < 4.78 is 10.7. The SMILES string of the molecule is CN1C(C)(C)C(=O)OB(c2ccc(C(=O)O)cc2)OC(=O)C1(C)C. The van der Waals surface area contributed by atoms with Crippen LogP contribution in [0.2, 0.25) is 0 Å². The molecule has 1 aliphatic rings. The molecule has 8 heteroatoms. The van der Waals surface area contributed by atoms with Gasteiger partial charge in [0.2, 0.25) is 0 Å². The highest BCUT2D eigenvalue weighted by Gasteiger charge is 2.51. The van der Waals surface area contributed by atoms with Crippen LogP contribution in [0.4, 0.5) is 0 Å². The largest absolute Gasteiger partial charge is 0.636 e. The second-order valence-electron chi connectivity index (χ2n) is 6.75. The van der Waals surface area contributed by atoms with E-state index in [1.807, 2.05) is 0 Å². The van der Waals surface area contributed by atoms with Gasteiger partial charge in [-0.05, 0) is 46.9 Å². The Kier molecular flexibility index (Phi) is 4.45. The fraction of sp³-hybridized carbons (Fsp3) is 0.438. The van der Waals surface area contributed by atoms with E-state index in [0.717, 1.165) is 0 Å². The molecule has 0 spiro atoms. The monoisotopic (exact) mass is 333 g/mol. The first-order valence-corrected chi connectivity index (χ1v) is 7.47. The van der Waals surface area contributed by atoms with E-state index in [2.05, 4.69) is 0 Å². The van der Waals surface area contributed by atoms with Gasteiger partial charge < -0.3 is 14.4 Å². The highest BCUT2D eigenvalue weighted by atomic mass is 16.6. The third kappa shape index (κ3) is 3.01. The van der Waals surface area contributed by atoms with E-state index in [4.69, 9.17) is 14.4 Å². The Labute approximate surface area is 140 Å². The fourth-order valence-electron chi connectivity index (χ4n) is 2.40. The molecule has 0 amide bonds. The van der Waals surface area contributed by atoms with Crippen LogP contribution < -0.4 is 5.46 Å². The molecule has 1 saturated heterocycles. The van der Waals surface area contributed by atoms with Gasteiger partial charge in [-0.1, -0.05) is 12.1 Å². The molecule has 0 aliphatic carbocycles. The van der Waals surface area contributed by atoms with E-state index in [0.29, 0.717) is 5.46 Å². The first-order chi connectivity index (χ1) is 11.0. The molecule has 1 aliphatic heterocycles. The first-order valence-electron chi connectivity index (χ1n) is 7.47. The maximum Gasteiger partial charge on any atom is 0.636 e. The summed E-state index contributed by atoms with van der Waals surface area (Å²) in [6.45, 7) is 6.67. The molecule has 0 radical (unpaired) electrons. The third-order valence-corrected chi connectivity index (χ3v) is 4.53. The number of hydrogen-bond acceptors (Lipinski definition) is 6. The molecule has 1 aromatic carbocycles. The number of carbonyl (C=O) groups is 3. The van der Waals surface area contributed by atoms with E-state index in [1.165, 1.54) is 24.3 Å². The van der Waals surface area contributed by atoms with E-state index < -0.39 is 36.1 Å². The highest BCUT2D eigenvalue weighted by Crippen LogP contribution is 2.28. The zero-order chi connectivity index (χ0) is 18.3. The van der Waals surface area contributed by atoms with Crippen LogP contribution in [-0.4, -0.2) is 53.2 Å². The van der Waals surface area contributed by atoms with Gasteiger partial charge >= 0.3 is 25.0 Å². The minimum absolute atomic E-state index is 0.0858. The number of nitrogens with zero attached hydrogens (tertiary/aromatic N) is 1. The van der Waals surface area contributed by atoms with E-state index in [1.54, 1.807) is 39.6 Å². The summed E-state index contributed by atoms with van der Waals surface area (Å²) in [5.74, 6) is -2.16. The number of likely N-dealkylation sites (N-methyl/N-ethyl adjacent to an activating group) is 1. The molecular formula is C16H20BNO6. The normalized spacial score (nSPS) is 20.6. The third-order valence-electron chi connectivity index (χ3n) is 4.53. The highest BCUT2D eigenvalue weighted by molar-refractivity contribution is 6.64. The average Bonchev–Trinajstić information content (AvgIpc) is 2.52. The quantitative estimate of drug-likeness (QED) is 0.795. The molecule has 0 saturated carbocycles. The van der Waals surface area contributed by atoms with Crippen LogP contribution in [0.1, 0.15) is 38.1 Å². The lowest BCUT2D eigenvalue weighted by Crippen LogP contribution is -2.65. The summed E-state index contributed by atoms with van der Waals surface area (Å²) in [6.07, 6.45) is 0. The van der Waals surface area contributed by atoms with Crippen molar-refractivity contribution >= 4 is 30.5 Å². The molecule has 1 aromatic rings. The molecule has 1 heterocycles. The molecule has 1 N–H and O–H groups in total. The Morgan fingerprint density at radius 2 is 1.42 bits per heavy atom. The number of aromatic carboxylic acids is 1. The van der Waals surface area contributed by atoms with Crippen molar-refractivity contribution in [3.8, 4) is 0 Å². The predicted octanol–water partition coefficient (Wildman–Crippen LogP) is 0.669. The standard InChI is InChI=1S/C16H20BNO6/c1-15(2)13(21)23-17(24-14(22)16(3,4)18(15)5)11-8-6-10(7-9-11)12(19)20/h6-9H,1-5H3,(H,19,20). The summed E-state index contributed by atoms with van der Waals surface area (Å²) in [7, 11) is 0.435. The van der Waals surface area contributed by atoms with Gasteiger partial charge in [-0.15, -0.1) is 0 Å². The molecule has 7 nitrogen and oxygen atoms in total. The Hall–Kier alpha value is -2.35. The van der Waals surface area contributed by atoms with Crippen LogP contribution in [0.3, 0.4) is 0 Å². The molecule has 24 heavy (non-hydrogen) atoms. The molecule has 2 rings (SSSR count). The minimum atomic E-state index is -1.22. The smallest absolute Gasteiger partial charge is 0.494 e. The van der Waals surface area contributed by atoms with Crippen molar-refractivity contribution in [2.75, 3.05) is 7.05 Å². The van der Waals surface area contributed by atoms with Gasteiger partial charge in [-0.25, -0.2) is 4.79 Å². The summed E-state index contributed by atoms with van der Waals surface area (Å²) in [5.41, 5.74) is -1.61. The number of benzene rings is 1. The molecule has 128 valence electrons. The van der Waals surface area contributed by atoms with Gasteiger partial charge in [0.15, 0.2) is 0 Å². The van der Waals surface area contributed by atoms with E-state index in [-0.39, 0.29) is 5.56 Å². The van der Waals surface area contributed by atoms with Crippen molar-refractivity contribution in [1.82, 2.24) is 4.90 Å². The van der Waals surface area contributed by atoms with Crippen LogP contribution in [0, 0.1) is 0 Å². The number of carboxylic acids is 1.